The van der Waals surface area contributed by atoms with Crippen molar-refractivity contribution in [2.45, 2.75) is 47.0 Å². The molecule has 0 spiro atoms. The van der Waals surface area contributed by atoms with Gasteiger partial charge in [-0.3, -0.25) is 4.79 Å². The molecule has 0 aliphatic carbocycles. The van der Waals surface area contributed by atoms with Gasteiger partial charge in [-0.1, -0.05) is 19.1 Å². The van der Waals surface area contributed by atoms with Gasteiger partial charge in [0.15, 0.2) is 12.0 Å². The Labute approximate surface area is 156 Å². The first-order chi connectivity index (χ1) is 12.5. The molecule has 0 saturated carbocycles. The molecule has 1 saturated heterocycles. The molecule has 8 heteroatoms. The van der Waals surface area contributed by atoms with E-state index in [-0.39, 0.29) is 12.2 Å². The molecule has 1 aliphatic heterocycles. The lowest BCUT2D eigenvalue weighted by molar-refractivity contribution is -0.145. The maximum absolute atomic E-state index is 12.3. The Morgan fingerprint density at radius 2 is 1.92 bits per heavy atom. The molecule has 26 heavy (non-hydrogen) atoms. The van der Waals surface area contributed by atoms with Crippen LogP contribution in [0.4, 0.5) is 0 Å². The van der Waals surface area contributed by atoms with Crippen molar-refractivity contribution < 1.29 is 14.3 Å². The van der Waals surface area contributed by atoms with E-state index in [0.717, 1.165) is 31.5 Å². The fraction of sp³-hybridized carbons (Fsp3) is 0.833. The average Bonchev–Trinajstić information content (AvgIpc) is 3.03. The molecule has 1 aromatic heterocycles. The summed E-state index contributed by atoms with van der Waals surface area (Å²) in [5.74, 6) is 1.25. The second kappa shape index (κ2) is 10.6. The predicted molar refractivity (Wildman–Crippen MR) is 98.8 cm³/mol. The Balaban J connectivity index is 1.76. The molecule has 2 atom stereocenters. The van der Waals surface area contributed by atoms with Crippen LogP contribution in [0.1, 0.15) is 44.6 Å². The van der Waals surface area contributed by atoms with Crippen molar-refractivity contribution in [1.29, 1.82) is 0 Å². The van der Waals surface area contributed by atoms with Gasteiger partial charge in [-0.05, 0) is 32.1 Å². The summed E-state index contributed by atoms with van der Waals surface area (Å²) in [4.78, 5) is 14.7. The Kier molecular flexibility index (Phi) is 8.47. The Bertz CT molecular complexity index is 535. The van der Waals surface area contributed by atoms with Gasteiger partial charge in [-0.15, -0.1) is 5.10 Å². The third kappa shape index (κ3) is 6.66. The summed E-state index contributed by atoms with van der Waals surface area (Å²) in [5, 5.41) is 10.9. The molecule has 2 rings (SSSR count). The van der Waals surface area contributed by atoms with E-state index in [2.05, 4.69) is 34.4 Å². The smallest absolute Gasteiger partial charge is 0.273 e. The van der Waals surface area contributed by atoms with Gasteiger partial charge in [0.2, 0.25) is 0 Å². The van der Waals surface area contributed by atoms with Crippen molar-refractivity contribution >= 4 is 5.91 Å². The summed E-state index contributed by atoms with van der Waals surface area (Å²) in [7, 11) is 0. The van der Waals surface area contributed by atoms with Crippen LogP contribution in [0.15, 0.2) is 6.20 Å². The zero-order chi connectivity index (χ0) is 18.9. The zero-order valence-electron chi connectivity index (χ0n) is 16.5. The Hall–Kier alpha value is -1.51. The van der Waals surface area contributed by atoms with Crippen molar-refractivity contribution in [1.82, 2.24) is 25.2 Å². The van der Waals surface area contributed by atoms with Crippen molar-refractivity contribution in [3.63, 3.8) is 0 Å². The number of hydrogen-bond donors (Lipinski definition) is 1. The minimum absolute atomic E-state index is 0.196. The first kappa shape index (κ1) is 20.8. The minimum atomic E-state index is -0.384. The lowest BCUT2D eigenvalue weighted by Gasteiger charge is -2.34. The molecule has 0 aromatic carbocycles. The number of rotatable bonds is 10. The number of likely N-dealkylation sites (tertiary alicyclic amines) is 1. The molecule has 0 radical (unpaired) electrons. The lowest BCUT2D eigenvalue weighted by Crippen LogP contribution is -2.42. The molecular formula is C18H33N5O3. The zero-order valence-corrected chi connectivity index (χ0v) is 16.5. The van der Waals surface area contributed by atoms with E-state index in [1.807, 2.05) is 13.8 Å². The molecule has 8 nitrogen and oxygen atoms in total. The second-order valence-corrected chi connectivity index (χ2v) is 7.13. The largest absolute Gasteiger partial charge is 0.351 e. The van der Waals surface area contributed by atoms with Crippen LogP contribution >= 0.6 is 0 Å². The summed E-state index contributed by atoms with van der Waals surface area (Å²) in [5.41, 5.74) is 0.317. The maximum atomic E-state index is 12.3. The molecule has 1 N–H and O–H groups in total. The number of carbonyl (C=O) groups is 1. The van der Waals surface area contributed by atoms with E-state index in [9.17, 15) is 4.79 Å². The van der Waals surface area contributed by atoms with Crippen molar-refractivity contribution in [2.24, 2.45) is 11.8 Å². The fourth-order valence-electron chi connectivity index (χ4n) is 3.56. The molecule has 0 bridgehead atoms. The van der Waals surface area contributed by atoms with E-state index >= 15 is 0 Å². The van der Waals surface area contributed by atoms with E-state index in [1.54, 1.807) is 10.9 Å². The monoisotopic (exact) mass is 367 g/mol. The van der Waals surface area contributed by atoms with Crippen LogP contribution in [0.5, 0.6) is 0 Å². The highest BCUT2D eigenvalue weighted by Gasteiger charge is 2.21. The standard InChI is InChI=1S/C18H33N5O3/c1-5-25-17(26-6-2)13-23-12-16(20-21-23)18(24)19-7-8-22-10-14(3)9-15(4)11-22/h12,14-15,17H,5-11,13H2,1-4H3,(H,19,24)/t14-,15+. The van der Waals surface area contributed by atoms with Crippen LogP contribution in [0, 0.1) is 11.8 Å². The number of amides is 1. The second-order valence-electron chi connectivity index (χ2n) is 7.13. The average molecular weight is 367 g/mol. The molecule has 1 aliphatic rings. The van der Waals surface area contributed by atoms with E-state index in [0.29, 0.717) is 32.0 Å². The fourth-order valence-corrected chi connectivity index (χ4v) is 3.56. The third-order valence-corrected chi connectivity index (χ3v) is 4.47. The van der Waals surface area contributed by atoms with Crippen LogP contribution in [-0.2, 0) is 16.0 Å². The molecular weight excluding hydrogens is 334 g/mol. The molecule has 2 heterocycles. The summed E-state index contributed by atoms with van der Waals surface area (Å²) < 4.78 is 12.6. The SMILES string of the molecule is CCOC(Cn1cc(C(=O)NCCN2C[C@H](C)C[C@H](C)C2)nn1)OCC. The topological polar surface area (TPSA) is 81.5 Å². The Morgan fingerprint density at radius 3 is 2.54 bits per heavy atom. The van der Waals surface area contributed by atoms with Crippen LogP contribution in [0.3, 0.4) is 0 Å². The molecule has 148 valence electrons. The number of ether oxygens (including phenoxy) is 2. The van der Waals surface area contributed by atoms with Crippen LogP contribution < -0.4 is 5.32 Å². The van der Waals surface area contributed by atoms with Crippen molar-refractivity contribution in [3.05, 3.63) is 11.9 Å². The quantitative estimate of drug-likeness (QED) is 0.629. The summed E-state index contributed by atoms with van der Waals surface area (Å²) >= 11 is 0. The van der Waals surface area contributed by atoms with Gasteiger partial charge >= 0.3 is 0 Å². The normalized spacial score (nSPS) is 21.3. The van der Waals surface area contributed by atoms with Gasteiger partial charge in [-0.2, -0.15) is 0 Å². The molecule has 1 aromatic rings. The van der Waals surface area contributed by atoms with E-state index in [1.165, 1.54) is 6.42 Å². The minimum Gasteiger partial charge on any atom is -0.351 e. The predicted octanol–water partition coefficient (Wildman–Crippen LogP) is 1.38. The van der Waals surface area contributed by atoms with Gasteiger partial charge in [0.25, 0.3) is 5.91 Å². The third-order valence-electron chi connectivity index (χ3n) is 4.47. The van der Waals surface area contributed by atoms with Gasteiger partial charge in [0, 0.05) is 39.4 Å². The number of nitrogens with one attached hydrogen (secondary N) is 1. The highest BCUT2D eigenvalue weighted by atomic mass is 16.7. The highest BCUT2D eigenvalue weighted by molar-refractivity contribution is 5.91. The summed E-state index contributed by atoms with van der Waals surface area (Å²) in [6.07, 6.45) is 2.53. The van der Waals surface area contributed by atoms with E-state index in [4.69, 9.17) is 9.47 Å². The first-order valence-electron chi connectivity index (χ1n) is 9.65. The molecule has 1 amide bonds. The van der Waals surface area contributed by atoms with Gasteiger partial charge < -0.3 is 19.7 Å². The maximum Gasteiger partial charge on any atom is 0.273 e. The van der Waals surface area contributed by atoms with Crippen LogP contribution in [-0.4, -0.2) is 71.5 Å². The summed E-state index contributed by atoms with van der Waals surface area (Å²) in [6.45, 7) is 13.6. The molecule has 1 fully saturated rings. The Morgan fingerprint density at radius 1 is 1.27 bits per heavy atom. The summed E-state index contributed by atoms with van der Waals surface area (Å²) in [6, 6.07) is 0. The number of hydrogen-bond acceptors (Lipinski definition) is 6. The van der Waals surface area contributed by atoms with Gasteiger partial charge in [0.1, 0.15) is 0 Å². The first-order valence-corrected chi connectivity index (χ1v) is 9.65. The van der Waals surface area contributed by atoms with Gasteiger partial charge in [0.05, 0.1) is 12.7 Å². The molecule has 0 unspecified atom stereocenters. The lowest BCUT2D eigenvalue weighted by atomic mass is 9.92. The van der Waals surface area contributed by atoms with Crippen LogP contribution in [0.2, 0.25) is 0 Å². The van der Waals surface area contributed by atoms with Crippen molar-refractivity contribution in [2.75, 3.05) is 39.4 Å². The van der Waals surface area contributed by atoms with Crippen molar-refractivity contribution in [3.8, 4) is 0 Å². The van der Waals surface area contributed by atoms with E-state index < -0.39 is 0 Å². The number of aromatic nitrogens is 3. The number of nitrogens with zero attached hydrogens (tertiary/aromatic N) is 4. The van der Waals surface area contributed by atoms with Crippen LogP contribution in [0.25, 0.3) is 0 Å². The number of piperidine rings is 1. The van der Waals surface area contributed by atoms with Gasteiger partial charge in [-0.25, -0.2) is 4.68 Å². The highest BCUT2D eigenvalue weighted by Crippen LogP contribution is 2.20. The number of carbonyl (C=O) groups excluding carboxylic acids is 1.